The molecule has 9 nitrogen and oxygen atoms in total. The highest BCUT2D eigenvalue weighted by Gasteiger charge is 2.48. The first-order chi connectivity index (χ1) is 10.6. The quantitative estimate of drug-likeness (QED) is 0.578. The van der Waals surface area contributed by atoms with Crippen LogP contribution in [0, 0.1) is 0 Å². The summed E-state index contributed by atoms with van der Waals surface area (Å²) in [5.41, 5.74) is 5.95. The van der Waals surface area contributed by atoms with E-state index in [-0.39, 0.29) is 10.6 Å². The highest BCUT2D eigenvalue weighted by molar-refractivity contribution is 7.90. The van der Waals surface area contributed by atoms with Crippen molar-refractivity contribution in [3.63, 3.8) is 0 Å². The lowest BCUT2D eigenvalue weighted by Gasteiger charge is -2.22. The molecule has 4 N–H and O–H groups in total. The maximum absolute atomic E-state index is 12.3. The summed E-state index contributed by atoms with van der Waals surface area (Å²) in [6, 6.07) is 5.66. The van der Waals surface area contributed by atoms with Crippen molar-refractivity contribution in [2.75, 3.05) is 12.8 Å². The van der Waals surface area contributed by atoms with Gasteiger partial charge < -0.3 is 10.9 Å². The normalized spacial score (nSPS) is 21.4. The van der Waals surface area contributed by atoms with Crippen LogP contribution >= 0.6 is 0 Å². The van der Waals surface area contributed by atoms with E-state index in [1.54, 1.807) is 0 Å². The van der Waals surface area contributed by atoms with Crippen LogP contribution in [0.2, 0.25) is 0 Å². The van der Waals surface area contributed by atoms with Crippen molar-refractivity contribution in [3.8, 4) is 0 Å². The van der Waals surface area contributed by atoms with Gasteiger partial charge in [0.1, 0.15) is 6.54 Å². The van der Waals surface area contributed by atoms with E-state index in [1.165, 1.54) is 31.2 Å². The van der Waals surface area contributed by atoms with Crippen LogP contribution in [0.5, 0.6) is 0 Å². The molecule has 1 aliphatic heterocycles. The molecule has 0 saturated carbocycles. The Kier molecular flexibility index (Phi) is 4.24. The van der Waals surface area contributed by atoms with Crippen molar-refractivity contribution in [3.05, 3.63) is 29.8 Å². The van der Waals surface area contributed by atoms with Gasteiger partial charge in [-0.3, -0.25) is 9.59 Å². The summed E-state index contributed by atoms with van der Waals surface area (Å²) >= 11 is 0. The number of hydrazone groups is 1. The summed E-state index contributed by atoms with van der Waals surface area (Å²) in [5, 5.41) is 14.2. The topological polar surface area (TPSA) is 142 Å². The van der Waals surface area contributed by atoms with Gasteiger partial charge in [0.2, 0.25) is 5.91 Å². The number of primary amides is 1. The van der Waals surface area contributed by atoms with E-state index in [2.05, 4.69) is 5.10 Å². The van der Waals surface area contributed by atoms with Crippen LogP contribution in [0.15, 0.2) is 34.3 Å². The molecule has 2 rings (SSSR count). The molecule has 1 aromatic carbocycles. The number of carbonyl (C=O) groups excluding carboxylic acids is 2. The molecule has 1 atom stereocenters. The van der Waals surface area contributed by atoms with E-state index < -0.39 is 33.7 Å². The van der Waals surface area contributed by atoms with Crippen molar-refractivity contribution in [2.45, 2.75) is 17.4 Å². The maximum Gasteiger partial charge on any atom is 0.271 e. The van der Waals surface area contributed by atoms with Crippen molar-refractivity contribution in [1.82, 2.24) is 10.5 Å². The minimum atomic E-state index is -3.36. The first-order valence-electron chi connectivity index (χ1n) is 6.50. The zero-order valence-electron chi connectivity index (χ0n) is 12.5. The van der Waals surface area contributed by atoms with E-state index in [0.29, 0.717) is 5.56 Å². The van der Waals surface area contributed by atoms with E-state index >= 15 is 0 Å². The Labute approximate surface area is 132 Å². The van der Waals surface area contributed by atoms with Crippen LogP contribution in [0.25, 0.3) is 0 Å². The fraction of sp³-hybridized carbons (Fsp3) is 0.308. The molecular weight excluding hydrogens is 324 g/mol. The van der Waals surface area contributed by atoms with Crippen LogP contribution in [0.1, 0.15) is 12.5 Å². The molecule has 0 radical (unpaired) electrons. The third kappa shape index (κ3) is 3.09. The number of rotatable bonds is 5. The molecule has 1 aromatic rings. The van der Waals surface area contributed by atoms with Gasteiger partial charge in [0, 0.05) is 11.8 Å². The Hall–Kier alpha value is -2.30. The first kappa shape index (κ1) is 17.1. The third-order valence-corrected chi connectivity index (χ3v) is 4.57. The van der Waals surface area contributed by atoms with Crippen LogP contribution in [-0.4, -0.2) is 54.5 Å². The van der Waals surface area contributed by atoms with Crippen molar-refractivity contribution < 1.29 is 23.2 Å². The van der Waals surface area contributed by atoms with Gasteiger partial charge in [-0.25, -0.2) is 13.4 Å². The molecule has 2 amide bonds. The smallest absolute Gasteiger partial charge is 0.271 e. The molecule has 10 heteroatoms. The summed E-state index contributed by atoms with van der Waals surface area (Å²) in [6.07, 6.45) is 1.08. The van der Waals surface area contributed by atoms with E-state index in [1.807, 2.05) is 5.48 Å². The predicted octanol–water partition coefficient (Wildman–Crippen LogP) is -1.14. The number of hydroxylamine groups is 1. The Morgan fingerprint density at radius 1 is 1.39 bits per heavy atom. The number of hydrogen-bond donors (Lipinski definition) is 3. The lowest BCUT2D eigenvalue weighted by Crippen LogP contribution is -2.54. The molecule has 0 fully saturated rings. The lowest BCUT2D eigenvalue weighted by atomic mass is 9.91. The summed E-state index contributed by atoms with van der Waals surface area (Å²) in [5.74, 6) is -1.41. The Morgan fingerprint density at radius 2 is 1.96 bits per heavy atom. The van der Waals surface area contributed by atoms with Gasteiger partial charge in [-0.15, -0.1) is 0 Å². The summed E-state index contributed by atoms with van der Waals surface area (Å²) in [7, 11) is -3.36. The second-order valence-electron chi connectivity index (χ2n) is 5.31. The number of carbonyl (C=O) groups is 2. The van der Waals surface area contributed by atoms with Gasteiger partial charge in [0.25, 0.3) is 5.91 Å². The highest BCUT2D eigenvalue weighted by atomic mass is 32.2. The molecule has 0 aliphatic carbocycles. The number of benzene rings is 1. The maximum atomic E-state index is 12.3. The fourth-order valence-electron chi connectivity index (χ4n) is 2.19. The Morgan fingerprint density at radius 3 is 2.39 bits per heavy atom. The first-order valence-corrected chi connectivity index (χ1v) is 8.40. The molecule has 0 saturated heterocycles. The van der Waals surface area contributed by atoms with Crippen molar-refractivity contribution >= 4 is 27.4 Å². The van der Waals surface area contributed by atoms with Crippen molar-refractivity contribution in [2.24, 2.45) is 10.8 Å². The number of nitrogens with one attached hydrogen (secondary N) is 1. The number of sulfone groups is 1. The fourth-order valence-corrected chi connectivity index (χ4v) is 2.82. The van der Waals surface area contributed by atoms with E-state index in [0.717, 1.165) is 11.3 Å². The third-order valence-electron chi connectivity index (χ3n) is 3.44. The molecular formula is C13H16N4O5S. The number of amides is 2. The van der Waals surface area contributed by atoms with E-state index in [9.17, 15) is 23.2 Å². The van der Waals surface area contributed by atoms with Gasteiger partial charge >= 0.3 is 0 Å². The average molecular weight is 340 g/mol. The summed E-state index contributed by atoms with van der Waals surface area (Å²) in [6.45, 7) is 0.959. The van der Waals surface area contributed by atoms with Crippen LogP contribution in [-0.2, 0) is 19.4 Å². The second kappa shape index (κ2) is 5.72. The predicted molar refractivity (Wildman–Crippen MR) is 80.3 cm³/mol. The number of hydrogen-bond acceptors (Lipinski definition) is 7. The second-order valence-corrected chi connectivity index (χ2v) is 7.33. The molecule has 1 heterocycles. The molecule has 124 valence electrons. The van der Waals surface area contributed by atoms with Crippen LogP contribution in [0.4, 0.5) is 0 Å². The Balaban J connectivity index is 2.46. The largest absolute Gasteiger partial charge is 0.368 e. The monoisotopic (exact) mass is 340 g/mol. The van der Waals surface area contributed by atoms with Crippen molar-refractivity contribution in [1.29, 1.82) is 0 Å². The molecule has 0 spiro atoms. The molecule has 1 aliphatic rings. The molecule has 0 bridgehead atoms. The van der Waals surface area contributed by atoms with Gasteiger partial charge in [-0.05, 0) is 19.1 Å². The van der Waals surface area contributed by atoms with Gasteiger partial charge in [0.15, 0.2) is 15.4 Å². The van der Waals surface area contributed by atoms with Gasteiger partial charge in [-0.1, -0.05) is 12.1 Å². The van der Waals surface area contributed by atoms with Gasteiger partial charge in [0.05, 0.1) is 10.6 Å². The zero-order chi connectivity index (χ0) is 17.4. The summed E-state index contributed by atoms with van der Waals surface area (Å²) in [4.78, 5) is 23.4. The lowest BCUT2D eigenvalue weighted by molar-refractivity contribution is -0.139. The molecule has 23 heavy (non-hydrogen) atoms. The standard InChI is InChI=1S/C13H16N4O5S/c1-13(16-20)11(15-17(12(13)19)7-10(14)18)8-3-5-9(6-4-8)23(2,21)22/h3-6,16,20H,7H2,1-2H3,(H2,14,18). The molecule has 1 unspecified atom stereocenters. The number of nitrogens with zero attached hydrogens (tertiary/aromatic N) is 2. The average Bonchev–Trinajstić information content (AvgIpc) is 2.71. The summed E-state index contributed by atoms with van der Waals surface area (Å²) < 4.78 is 23.0. The van der Waals surface area contributed by atoms with Crippen LogP contribution in [0.3, 0.4) is 0 Å². The van der Waals surface area contributed by atoms with Crippen LogP contribution < -0.4 is 11.2 Å². The van der Waals surface area contributed by atoms with E-state index in [4.69, 9.17) is 5.73 Å². The highest BCUT2D eigenvalue weighted by Crippen LogP contribution is 2.25. The Bertz CT molecular complexity index is 787. The zero-order valence-corrected chi connectivity index (χ0v) is 13.3. The van der Waals surface area contributed by atoms with Gasteiger partial charge in [-0.2, -0.15) is 10.6 Å². The molecule has 0 aromatic heterocycles. The SMILES string of the molecule is CC1(NO)C(=O)N(CC(N)=O)N=C1c1ccc(S(C)(=O)=O)cc1. The number of nitrogens with two attached hydrogens (primary N) is 1. The minimum absolute atomic E-state index is 0.110. The minimum Gasteiger partial charge on any atom is -0.368 e.